The summed E-state index contributed by atoms with van der Waals surface area (Å²) in [6, 6.07) is 5.79. The topological polar surface area (TPSA) is 106 Å². The molecule has 2 saturated heterocycles. The Labute approximate surface area is 150 Å². The SMILES string of the molecule is Cc1cc(Nc2nc(NC3C[C@H]4CC[C@@H](C3)N4CCC#N)ns2)n[nH]1. The van der Waals surface area contributed by atoms with Crippen molar-refractivity contribution in [1.29, 1.82) is 5.26 Å². The number of aromatic amines is 1. The number of hydrogen-bond donors (Lipinski definition) is 3. The smallest absolute Gasteiger partial charge is 0.236 e. The van der Waals surface area contributed by atoms with Crippen LogP contribution in [0.2, 0.25) is 0 Å². The summed E-state index contributed by atoms with van der Waals surface area (Å²) in [5, 5.41) is 23.3. The monoisotopic (exact) mass is 358 g/mol. The van der Waals surface area contributed by atoms with E-state index in [1.807, 2.05) is 13.0 Å². The Balaban J connectivity index is 1.34. The summed E-state index contributed by atoms with van der Waals surface area (Å²) in [5.74, 6) is 1.44. The van der Waals surface area contributed by atoms with Crippen molar-refractivity contribution in [2.45, 2.75) is 57.2 Å². The zero-order chi connectivity index (χ0) is 17.2. The van der Waals surface area contributed by atoms with Crippen molar-refractivity contribution in [1.82, 2.24) is 24.5 Å². The van der Waals surface area contributed by atoms with Gasteiger partial charge in [-0.1, -0.05) is 0 Å². The summed E-state index contributed by atoms with van der Waals surface area (Å²) in [4.78, 5) is 7.05. The highest BCUT2D eigenvalue weighted by molar-refractivity contribution is 7.10. The van der Waals surface area contributed by atoms with Crippen molar-refractivity contribution in [3.63, 3.8) is 0 Å². The van der Waals surface area contributed by atoms with Gasteiger partial charge in [-0.3, -0.25) is 10.00 Å². The maximum Gasteiger partial charge on any atom is 0.236 e. The van der Waals surface area contributed by atoms with Crippen molar-refractivity contribution >= 4 is 28.4 Å². The fourth-order valence-corrected chi connectivity index (χ4v) is 4.59. The number of aromatic nitrogens is 4. The minimum atomic E-state index is 0.408. The zero-order valence-electron chi connectivity index (χ0n) is 14.2. The third kappa shape index (κ3) is 3.60. The minimum absolute atomic E-state index is 0.408. The van der Waals surface area contributed by atoms with Crippen molar-refractivity contribution < 1.29 is 0 Å². The molecule has 3 atom stereocenters. The maximum absolute atomic E-state index is 8.83. The highest BCUT2D eigenvalue weighted by Crippen LogP contribution is 2.36. The van der Waals surface area contributed by atoms with Crippen molar-refractivity contribution in [2.75, 3.05) is 17.2 Å². The molecule has 4 heterocycles. The minimum Gasteiger partial charge on any atom is -0.351 e. The molecule has 2 aliphatic heterocycles. The van der Waals surface area contributed by atoms with E-state index in [4.69, 9.17) is 5.26 Å². The predicted octanol–water partition coefficient (Wildman–Crippen LogP) is 2.63. The van der Waals surface area contributed by atoms with Gasteiger partial charge in [0.15, 0.2) is 5.82 Å². The van der Waals surface area contributed by atoms with Crippen molar-refractivity contribution in [2.24, 2.45) is 0 Å². The summed E-state index contributed by atoms with van der Waals surface area (Å²) in [7, 11) is 0. The Bertz CT molecular complexity index is 748. The van der Waals surface area contributed by atoms with Crippen LogP contribution in [-0.4, -0.2) is 49.1 Å². The van der Waals surface area contributed by atoms with Crippen LogP contribution >= 0.6 is 11.5 Å². The second-order valence-corrected chi connectivity index (χ2v) is 7.58. The van der Waals surface area contributed by atoms with Gasteiger partial charge >= 0.3 is 0 Å². The molecule has 8 nitrogen and oxygen atoms in total. The van der Waals surface area contributed by atoms with Crippen LogP contribution in [0.25, 0.3) is 0 Å². The highest BCUT2D eigenvalue weighted by Gasteiger charge is 2.40. The number of aryl methyl sites for hydroxylation is 1. The summed E-state index contributed by atoms with van der Waals surface area (Å²) in [6.45, 7) is 2.87. The normalized spacial score (nSPS) is 25.7. The lowest BCUT2D eigenvalue weighted by Gasteiger charge is -2.38. The molecule has 2 aromatic heterocycles. The summed E-state index contributed by atoms with van der Waals surface area (Å²) >= 11 is 1.34. The zero-order valence-corrected chi connectivity index (χ0v) is 15.0. The van der Waals surface area contributed by atoms with Gasteiger partial charge in [-0.2, -0.15) is 19.7 Å². The van der Waals surface area contributed by atoms with E-state index < -0.39 is 0 Å². The van der Waals surface area contributed by atoms with E-state index >= 15 is 0 Å². The molecule has 132 valence electrons. The van der Waals surface area contributed by atoms with E-state index in [0.717, 1.165) is 36.0 Å². The number of nitrogens with zero attached hydrogens (tertiary/aromatic N) is 5. The van der Waals surface area contributed by atoms with Crippen LogP contribution in [0.4, 0.5) is 16.9 Å². The lowest BCUT2D eigenvalue weighted by atomic mass is 9.97. The molecule has 0 amide bonds. The average molecular weight is 358 g/mol. The average Bonchev–Trinajstić information content (AvgIpc) is 3.26. The van der Waals surface area contributed by atoms with E-state index in [0.29, 0.717) is 30.5 Å². The second-order valence-electron chi connectivity index (χ2n) is 6.83. The van der Waals surface area contributed by atoms with Crippen molar-refractivity contribution in [3.05, 3.63) is 11.8 Å². The van der Waals surface area contributed by atoms with Crippen LogP contribution in [-0.2, 0) is 0 Å². The first kappa shape index (κ1) is 16.3. The first-order valence-electron chi connectivity index (χ1n) is 8.73. The van der Waals surface area contributed by atoms with Crippen LogP contribution in [0.3, 0.4) is 0 Å². The molecule has 2 aromatic rings. The standard InChI is InChI=1S/C16H22N8S/c1-10-7-14(22-21-10)19-16-20-15(23-25-16)18-11-8-12-3-4-13(9-11)24(12)6-2-5-17/h7,11-13H,2-4,6,8-9H2,1H3,(H3,18,19,20,21,22,23)/t11?,12-,13+. The lowest BCUT2D eigenvalue weighted by Crippen LogP contribution is -2.47. The molecule has 9 heteroatoms. The molecule has 4 rings (SSSR count). The van der Waals surface area contributed by atoms with Gasteiger partial charge in [0.1, 0.15) is 0 Å². The van der Waals surface area contributed by atoms with E-state index in [-0.39, 0.29) is 0 Å². The maximum atomic E-state index is 8.83. The van der Waals surface area contributed by atoms with Crippen LogP contribution in [0.5, 0.6) is 0 Å². The summed E-state index contributed by atoms with van der Waals surface area (Å²) < 4.78 is 4.41. The van der Waals surface area contributed by atoms with Crippen LogP contribution in [0.15, 0.2) is 6.07 Å². The van der Waals surface area contributed by atoms with Crippen LogP contribution in [0.1, 0.15) is 37.8 Å². The second kappa shape index (κ2) is 6.98. The lowest BCUT2D eigenvalue weighted by molar-refractivity contribution is 0.135. The molecule has 2 fully saturated rings. The number of rotatable bonds is 6. The molecule has 0 aromatic carbocycles. The number of hydrogen-bond acceptors (Lipinski definition) is 8. The number of fused-ring (bicyclic) bond motifs is 2. The van der Waals surface area contributed by atoms with Crippen LogP contribution < -0.4 is 10.6 Å². The summed E-state index contributed by atoms with van der Waals surface area (Å²) in [5.41, 5.74) is 1.00. The first-order valence-corrected chi connectivity index (χ1v) is 9.50. The third-order valence-corrected chi connectivity index (χ3v) is 5.70. The van der Waals surface area contributed by atoms with Gasteiger partial charge in [-0.15, -0.1) is 0 Å². The van der Waals surface area contributed by atoms with Gasteiger partial charge in [0.2, 0.25) is 11.1 Å². The number of H-pyrrole nitrogens is 1. The molecule has 1 unspecified atom stereocenters. The first-order chi connectivity index (χ1) is 12.2. The molecule has 0 spiro atoms. The Kier molecular flexibility index (Phi) is 4.55. The number of nitrogens with one attached hydrogen (secondary N) is 3. The van der Waals surface area contributed by atoms with Gasteiger partial charge in [0, 0.05) is 54.4 Å². The fraction of sp³-hybridized carbons (Fsp3) is 0.625. The number of nitriles is 1. The van der Waals surface area contributed by atoms with Crippen molar-refractivity contribution in [3.8, 4) is 6.07 Å². The Morgan fingerprint density at radius 1 is 1.40 bits per heavy atom. The molecule has 0 aliphatic carbocycles. The largest absolute Gasteiger partial charge is 0.351 e. The van der Waals surface area contributed by atoms with Gasteiger partial charge in [-0.25, -0.2) is 0 Å². The third-order valence-electron chi connectivity index (χ3n) is 5.07. The molecule has 0 saturated carbocycles. The highest BCUT2D eigenvalue weighted by atomic mass is 32.1. The van der Waals surface area contributed by atoms with E-state index in [1.54, 1.807) is 0 Å². The fourth-order valence-electron chi connectivity index (χ4n) is 4.04. The molecule has 2 bridgehead atoms. The number of piperidine rings is 1. The molecule has 2 aliphatic rings. The molecule has 3 N–H and O–H groups in total. The van der Waals surface area contributed by atoms with Gasteiger partial charge < -0.3 is 10.6 Å². The Hall–Kier alpha value is -2.18. The molecular weight excluding hydrogens is 336 g/mol. The molecular formula is C16H22N8S. The van der Waals surface area contributed by atoms with Gasteiger partial charge in [0.25, 0.3) is 0 Å². The van der Waals surface area contributed by atoms with E-state index in [9.17, 15) is 0 Å². The van der Waals surface area contributed by atoms with Gasteiger partial charge in [0.05, 0.1) is 6.07 Å². The summed E-state index contributed by atoms with van der Waals surface area (Å²) in [6.07, 6.45) is 5.31. The molecule has 25 heavy (non-hydrogen) atoms. The van der Waals surface area contributed by atoms with E-state index in [2.05, 4.69) is 41.2 Å². The Morgan fingerprint density at radius 3 is 2.88 bits per heavy atom. The molecule has 0 radical (unpaired) electrons. The van der Waals surface area contributed by atoms with E-state index in [1.165, 1.54) is 24.4 Å². The Morgan fingerprint density at radius 2 is 2.20 bits per heavy atom. The predicted molar refractivity (Wildman–Crippen MR) is 96.9 cm³/mol. The van der Waals surface area contributed by atoms with Crippen LogP contribution in [0, 0.1) is 18.3 Å². The quantitative estimate of drug-likeness (QED) is 0.729. The number of anilines is 3. The van der Waals surface area contributed by atoms with Gasteiger partial charge in [-0.05, 0) is 32.6 Å².